The van der Waals surface area contributed by atoms with Crippen LogP contribution >= 0.6 is 0 Å². The van der Waals surface area contributed by atoms with Gasteiger partial charge in [-0.25, -0.2) is 27.1 Å². The van der Waals surface area contributed by atoms with E-state index in [-0.39, 0.29) is 18.0 Å². The molecule has 11 heteroatoms. The van der Waals surface area contributed by atoms with E-state index in [4.69, 9.17) is 9.47 Å². The number of hydrogen-bond donors (Lipinski definition) is 0. The molecule has 0 saturated carbocycles. The Balaban J connectivity index is 1.69. The van der Waals surface area contributed by atoms with Crippen LogP contribution < -0.4 is 4.31 Å². The molecule has 9 nitrogen and oxygen atoms in total. The summed E-state index contributed by atoms with van der Waals surface area (Å²) >= 11 is 0. The summed E-state index contributed by atoms with van der Waals surface area (Å²) in [5, 5.41) is 3.12. The van der Waals surface area contributed by atoms with Gasteiger partial charge in [-0.15, -0.1) is 4.91 Å². The highest BCUT2D eigenvalue weighted by atomic mass is 32.2. The van der Waals surface area contributed by atoms with E-state index >= 15 is 0 Å². The van der Waals surface area contributed by atoms with Crippen molar-refractivity contribution in [1.82, 2.24) is 9.97 Å². The van der Waals surface area contributed by atoms with Gasteiger partial charge in [0.2, 0.25) is 16.0 Å². The Bertz CT molecular complexity index is 1450. The molecule has 3 aromatic rings. The van der Waals surface area contributed by atoms with Gasteiger partial charge in [0, 0.05) is 31.0 Å². The van der Waals surface area contributed by atoms with E-state index < -0.39 is 28.2 Å². The summed E-state index contributed by atoms with van der Waals surface area (Å²) in [4.78, 5) is 20.6. The summed E-state index contributed by atoms with van der Waals surface area (Å²) in [7, 11) is -2.25. The van der Waals surface area contributed by atoms with Crippen LogP contribution in [0.1, 0.15) is 49.4 Å². The molecule has 212 valence electrons. The van der Waals surface area contributed by atoms with Crippen molar-refractivity contribution in [3.8, 4) is 11.3 Å². The Morgan fingerprint density at radius 1 is 1.12 bits per heavy atom. The molecule has 0 amide bonds. The molecular weight excluding hydrogens is 535 g/mol. The molecule has 1 aromatic heterocycles. The third-order valence-electron chi connectivity index (χ3n) is 6.62. The van der Waals surface area contributed by atoms with E-state index in [1.165, 1.54) is 19.2 Å². The Morgan fingerprint density at radius 3 is 2.45 bits per heavy atom. The molecule has 0 aliphatic carbocycles. The SMILES string of the molecule is CC(C)c1nc(N(C)S(C)(=O)=O)nc(-c2ccc(F)cc2)c1/C=C/[C@@H]1C[C@@H](OCc2ccccc2)CC(N=O)O1. The molecule has 1 unspecified atom stereocenters. The lowest BCUT2D eigenvalue weighted by Gasteiger charge is -2.31. The van der Waals surface area contributed by atoms with Gasteiger partial charge >= 0.3 is 0 Å². The highest BCUT2D eigenvalue weighted by Crippen LogP contribution is 2.33. The van der Waals surface area contributed by atoms with Gasteiger partial charge < -0.3 is 9.47 Å². The van der Waals surface area contributed by atoms with Crippen molar-refractivity contribution < 1.29 is 22.3 Å². The molecule has 4 rings (SSSR count). The molecule has 0 spiro atoms. The van der Waals surface area contributed by atoms with Crippen LogP contribution in [-0.2, 0) is 26.1 Å². The average molecular weight is 569 g/mol. The molecule has 1 aliphatic heterocycles. The van der Waals surface area contributed by atoms with E-state index in [1.807, 2.05) is 56.3 Å². The molecule has 0 radical (unpaired) electrons. The number of anilines is 1. The summed E-state index contributed by atoms with van der Waals surface area (Å²) in [6.07, 6.45) is 3.99. The van der Waals surface area contributed by atoms with Gasteiger partial charge in [0.05, 0.1) is 36.5 Å². The first-order valence-electron chi connectivity index (χ1n) is 13.0. The van der Waals surface area contributed by atoms with Crippen LogP contribution in [-0.4, -0.2) is 50.1 Å². The van der Waals surface area contributed by atoms with E-state index in [9.17, 15) is 17.7 Å². The fourth-order valence-corrected chi connectivity index (χ4v) is 4.79. The number of hydrogen-bond acceptors (Lipinski definition) is 8. The van der Waals surface area contributed by atoms with Gasteiger partial charge in [0.1, 0.15) is 5.82 Å². The lowest BCUT2D eigenvalue weighted by atomic mass is 9.96. The van der Waals surface area contributed by atoms with Crippen molar-refractivity contribution >= 4 is 22.0 Å². The zero-order valence-electron chi connectivity index (χ0n) is 22.9. The lowest BCUT2D eigenvalue weighted by molar-refractivity contribution is -0.0998. The van der Waals surface area contributed by atoms with E-state index in [0.717, 1.165) is 16.1 Å². The quantitative estimate of drug-likeness (QED) is 0.290. The average Bonchev–Trinajstić information content (AvgIpc) is 2.94. The molecule has 0 N–H and O–H groups in total. The lowest BCUT2D eigenvalue weighted by Crippen LogP contribution is -2.35. The molecule has 0 bridgehead atoms. The number of benzene rings is 2. The molecule has 2 aromatic carbocycles. The minimum atomic E-state index is -3.63. The number of sulfonamides is 1. The van der Waals surface area contributed by atoms with Crippen LogP contribution in [0.25, 0.3) is 17.3 Å². The molecule has 1 saturated heterocycles. The molecule has 40 heavy (non-hydrogen) atoms. The number of ether oxygens (including phenoxy) is 2. The van der Waals surface area contributed by atoms with Gasteiger partial charge in [-0.05, 0) is 40.9 Å². The van der Waals surface area contributed by atoms with Gasteiger partial charge in [0.25, 0.3) is 0 Å². The number of nitrogens with zero attached hydrogens (tertiary/aromatic N) is 4. The van der Waals surface area contributed by atoms with Crippen LogP contribution in [0.4, 0.5) is 10.3 Å². The van der Waals surface area contributed by atoms with Crippen molar-refractivity contribution in [2.75, 3.05) is 17.6 Å². The van der Waals surface area contributed by atoms with Gasteiger partial charge in [-0.2, -0.15) is 0 Å². The fourth-order valence-electron chi connectivity index (χ4n) is 4.41. The molecule has 1 fully saturated rings. The predicted octanol–water partition coefficient (Wildman–Crippen LogP) is 5.67. The van der Waals surface area contributed by atoms with Crippen LogP contribution in [0.3, 0.4) is 0 Å². The Morgan fingerprint density at radius 2 is 1.82 bits per heavy atom. The van der Waals surface area contributed by atoms with E-state index in [2.05, 4.69) is 15.1 Å². The van der Waals surface area contributed by atoms with E-state index in [1.54, 1.807) is 12.1 Å². The van der Waals surface area contributed by atoms with Gasteiger partial charge in [0.15, 0.2) is 6.23 Å². The topological polar surface area (TPSA) is 111 Å². The molecular formula is C29H33FN4O5S. The minimum absolute atomic E-state index is 0.0104. The first kappa shape index (κ1) is 29.4. The zero-order valence-corrected chi connectivity index (χ0v) is 23.7. The third-order valence-corrected chi connectivity index (χ3v) is 7.78. The standard InChI is InChI=1S/C29H33FN4O5S/c1-19(2)27-25(28(21-10-12-22(30)13-11-21)32-29(31-27)34(3)40(4,36)37)15-14-23-16-24(17-26(33-35)39-23)38-18-20-8-6-5-7-9-20/h5-15,19,23-24,26H,16-18H2,1-4H3/b15-14+/t23-,24-,26?/m1/s1. The second kappa shape index (κ2) is 12.8. The maximum absolute atomic E-state index is 13.7. The summed E-state index contributed by atoms with van der Waals surface area (Å²) in [5.74, 6) is -0.500. The first-order chi connectivity index (χ1) is 19.0. The number of halogens is 1. The second-order valence-electron chi connectivity index (χ2n) is 10.0. The number of nitroso groups, excluding NO2 is 1. The second-order valence-corrected chi connectivity index (χ2v) is 12.1. The normalized spacial score (nSPS) is 19.7. The van der Waals surface area contributed by atoms with Crippen LogP contribution in [0.15, 0.2) is 65.9 Å². The van der Waals surface area contributed by atoms with Crippen LogP contribution in [0.5, 0.6) is 0 Å². The first-order valence-corrected chi connectivity index (χ1v) is 14.8. The Kier molecular flexibility index (Phi) is 9.39. The van der Waals surface area contributed by atoms with Crippen molar-refractivity contribution in [3.63, 3.8) is 0 Å². The molecule has 2 heterocycles. The monoisotopic (exact) mass is 568 g/mol. The van der Waals surface area contributed by atoms with E-state index in [0.29, 0.717) is 42.0 Å². The van der Waals surface area contributed by atoms with Crippen LogP contribution in [0, 0.1) is 10.7 Å². The van der Waals surface area contributed by atoms with Gasteiger partial charge in [-0.3, -0.25) is 0 Å². The third kappa shape index (κ3) is 7.35. The summed E-state index contributed by atoms with van der Waals surface area (Å²) in [6, 6.07) is 15.6. The number of aromatic nitrogens is 2. The summed E-state index contributed by atoms with van der Waals surface area (Å²) in [5.41, 5.74) is 3.30. The van der Waals surface area contributed by atoms with Crippen molar-refractivity contribution in [1.29, 1.82) is 0 Å². The van der Waals surface area contributed by atoms with Gasteiger partial charge in [-0.1, -0.05) is 56.3 Å². The molecule has 3 atom stereocenters. The Hall–Kier alpha value is -3.54. The van der Waals surface area contributed by atoms with Crippen molar-refractivity contribution in [2.45, 2.75) is 57.6 Å². The maximum Gasteiger partial charge on any atom is 0.239 e. The Labute approximate surface area is 234 Å². The van der Waals surface area contributed by atoms with Crippen molar-refractivity contribution in [3.05, 3.63) is 88.2 Å². The van der Waals surface area contributed by atoms with Crippen LogP contribution in [0.2, 0.25) is 0 Å². The number of rotatable bonds is 10. The van der Waals surface area contributed by atoms with Crippen molar-refractivity contribution in [2.24, 2.45) is 5.18 Å². The highest BCUT2D eigenvalue weighted by Gasteiger charge is 2.30. The largest absolute Gasteiger partial charge is 0.373 e. The minimum Gasteiger partial charge on any atom is -0.373 e. The summed E-state index contributed by atoms with van der Waals surface area (Å²) < 4.78 is 51.3. The maximum atomic E-state index is 13.7. The smallest absolute Gasteiger partial charge is 0.239 e. The molecule has 1 aliphatic rings. The zero-order chi connectivity index (χ0) is 28.9. The fraction of sp³-hybridized carbons (Fsp3) is 0.379. The highest BCUT2D eigenvalue weighted by molar-refractivity contribution is 7.92. The summed E-state index contributed by atoms with van der Waals surface area (Å²) in [6.45, 7) is 4.29. The predicted molar refractivity (Wildman–Crippen MR) is 153 cm³/mol.